The summed E-state index contributed by atoms with van der Waals surface area (Å²) in [4.78, 5) is 0. The summed E-state index contributed by atoms with van der Waals surface area (Å²) >= 11 is 0. The molecule has 0 aromatic rings. The highest BCUT2D eigenvalue weighted by atomic mass is 28.2. The SMILES string of the molecule is CC(C)O[SiH2]COCC1CO1. The van der Waals surface area contributed by atoms with Gasteiger partial charge in [0.2, 0.25) is 0 Å². The van der Waals surface area contributed by atoms with Gasteiger partial charge in [0.05, 0.1) is 19.4 Å². The first-order chi connectivity index (χ1) is 5.29. The maximum atomic E-state index is 5.42. The van der Waals surface area contributed by atoms with Crippen molar-refractivity contribution in [3.63, 3.8) is 0 Å². The first-order valence-corrected chi connectivity index (χ1v) is 5.67. The molecular formula is C7H16O3Si. The fourth-order valence-corrected chi connectivity index (χ4v) is 1.57. The quantitative estimate of drug-likeness (QED) is 0.321. The van der Waals surface area contributed by atoms with Crippen LogP contribution in [0, 0.1) is 0 Å². The van der Waals surface area contributed by atoms with Crippen LogP contribution in [0.2, 0.25) is 0 Å². The molecule has 1 atom stereocenters. The van der Waals surface area contributed by atoms with Gasteiger partial charge in [-0.05, 0) is 13.8 Å². The first kappa shape index (κ1) is 9.19. The summed E-state index contributed by atoms with van der Waals surface area (Å²) in [5.74, 6) is 0. The van der Waals surface area contributed by atoms with Gasteiger partial charge >= 0.3 is 0 Å². The van der Waals surface area contributed by atoms with Gasteiger partial charge in [-0.2, -0.15) is 0 Å². The van der Waals surface area contributed by atoms with E-state index in [2.05, 4.69) is 13.8 Å². The van der Waals surface area contributed by atoms with Gasteiger partial charge in [0, 0.05) is 6.10 Å². The molecule has 3 nitrogen and oxygen atoms in total. The average Bonchev–Trinajstić information content (AvgIpc) is 2.70. The van der Waals surface area contributed by atoms with Crippen LogP contribution in [0.5, 0.6) is 0 Å². The van der Waals surface area contributed by atoms with E-state index in [0.717, 1.165) is 19.4 Å². The molecule has 1 aliphatic heterocycles. The molecule has 1 saturated heterocycles. The molecule has 1 aliphatic rings. The molecule has 0 bridgehead atoms. The summed E-state index contributed by atoms with van der Waals surface area (Å²) in [6.07, 6.45) is 1.57. The van der Waals surface area contributed by atoms with Gasteiger partial charge in [-0.1, -0.05) is 0 Å². The number of hydrogen-bond acceptors (Lipinski definition) is 3. The number of rotatable bonds is 6. The lowest BCUT2D eigenvalue weighted by molar-refractivity contribution is 0.138. The van der Waals surface area contributed by atoms with E-state index in [1.807, 2.05) is 0 Å². The molecule has 1 heterocycles. The zero-order valence-electron chi connectivity index (χ0n) is 7.21. The van der Waals surface area contributed by atoms with Gasteiger partial charge in [-0.25, -0.2) is 0 Å². The highest BCUT2D eigenvalue weighted by Gasteiger charge is 2.21. The van der Waals surface area contributed by atoms with Crippen molar-refractivity contribution in [1.82, 2.24) is 0 Å². The molecule has 0 aromatic carbocycles. The molecule has 11 heavy (non-hydrogen) atoms. The van der Waals surface area contributed by atoms with Crippen molar-refractivity contribution in [3.05, 3.63) is 0 Å². The van der Waals surface area contributed by atoms with Crippen molar-refractivity contribution in [2.24, 2.45) is 0 Å². The third-order valence-corrected chi connectivity index (χ3v) is 2.74. The van der Waals surface area contributed by atoms with E-state index in [9.17, 15) is 0 Å². The minimum Gasteiger partial charge on any atom is -0.419 e. The van der Waals surface area contributed by atoms with Crippen LogP contribution in [0.15, 0.2) is 0 Å². The van der Waals surface area contributed by atoms with Gasteiger partial charge in [-0.15, -0.1) is 0 Å². The van der Waals surface area contributed by atoms with Gasteiger partial charge < -0.3 is 13.9 Å². The Bertz CT molecular complexity index is 99.9. The fourth-order valence-electron chi connectivity index (χ4n) is 0.722. The fraction of sp³-hybridized carbons (Fsp3) is 1.00. The summed E-state index contributed by atoms with van der Waals surface area (Å²) < 4.78 is 15.7. The lowest BCUT2D eigenvalue weighted by atomic mass is 10.5. The third-order valence-electron chi connectivity index (χ3n) is 1.38. The van der Waals surface area contributed by atoms with Crippen LogP contribution < -0.4 is 0 Å². The zero-order chi connectivity index (χ0) is 8.10. The second kappa shape index (κ2) is 4.87. The van der Waals surface area contributed by atoms with Crippen LogP contribution in [0.4, 0.5) is 0 Å². The largest absolute Gasteiger partial charge is 0.419 e. The Kier molecular flexibility index (Phi) is 4.07. The van der Waals surface area contributed by atoms with Crippen molar-refractivity contribution in [2.75, 3.05) is 19.4 Å². The molecule has 0 saturated carbocycles. The molecule has 1 unspecified atom stereocenters. The van der Waals surface area contributed by atoms with Crippen LogP contribution in [0.1, 0.15) is 13.8 Å². The Morgan fingerprint density at radius 3 is 2.91 bits per heavy atom. The van der Waals surface area contributed by atoms with Crippen LogP contribution in [-0.2, 0) is 13.9 Å². The first-order valence-electron chi connectivity index (χ1n) is 4.10. The summed E-state index contributed by atoms with van der Waals surface area (Å²) in [5, 5.41) is 0. The van der Waals surface area contributed by atoms with Gasteiger partial charge in [-0.3, -0.25) is 0 Å². The molecule has 66 valence electrons. The summed E-state index contributed by atoms with van der Waals surface area (Å²) in [5.41, 5.74) is 0. The summed E-state index contributed by atoms with van der Waals surface area (Å²) in [6.45, 7) is 5.75. The van der Waals surface area contributed by atoms with Crippen molar-refractivity contribution < 1.29 is 13.9 Å². The predicted molar refractivity (Wildman–Crippen MR) is 45.3 cm³/mol. The lowest BCUT2D eigenvalue weighted by Crippen LogP contribution is -2.15. The molecule has 0 amide bonds. The number of ether oxygens (including phenoxy) is 2. The van der Waals surface area contributed by atoms with Crippen molar-refractivity contribution in [3.8, 4) is 0 Å². The molecule has 4 heteroatoms. The highest BCUT2D eigenvalue weighted by Crippen LogP contribution is 2.07. The molecule has 0 radical (unpaired) electrons. The Hall–Kier alpha value is 0.0969. The normalized spacial score (nSPS) is 23.7. The molecule has 0 aliphatic carbocycles. The standard InChI is InChI=1S/C7H16O3Si/c1-6(2)10-11-5-8-3-7-4-9-7/h6-7H,3-5,11H2,1-2H3. The second-order valence-electron chi connectivity index (χ2n) is 2.95. The van der Waals surface area contributed by atoms with Crippen LogP contribution in [0.3, 0.4) is 0 Å². The monoisotopic (exact) mass is 176 g/mol. The van der Waals surface area contributed by atoms with Gasteiger partial charge in [0.25, 0.3) is 0 Å². The molecule has 0 spiro atoms. The maximum Gasteiger partial charge on any atom is 0.187 e. The summed E-state index contributed by atoms with van der Waals surface area (Å²) in [7, 11) is -0.429. The zero-order valence-corrected chi connectivity index (χ0v) is 8.62. The molecule has 0 aromatic heterocycles. The number of hydrogen-bond donors (Lipinski definition) is 0. The van der Waals surface area contributed by atoms with Crippen LogP contribution in [-0.4, -0.2) is 41.4 Å². The minimum absolute atomic E-state index is 0.363. The van der Waals surface area contributed by atoms with Crippen LogP contribution >= 0.6 is 0 Å². The Morgan fingerprint density at radius 1 is 1.64 bits per heavy atom. The van der Waals surface area contributed by atoms with Gasteiger partial charge in [0.1, 0.15) is 6.10 Å². The van der Waals surface area contributed by atoms with E-state index in [4.69, 9.17) is 13.9 Å². The third kappa shape index (κ3) is 5.38. The van der Waals surface area contributed by atoms with E-state index < -0.39 is 9.76 Å². The molecule has 1 rings (SSSR count). The minimum atomic E-state index is -0.429. The molecular weight excluding hydrogens is 160 g/mol. The smallest absolute Gasteiger partial charge is 0.187 e. The van der Waals surface area contributed by atoms with Crippen molar-refractivity contribution in [1.29, 1.82) is 0 Å². The van der Waals surface area contributed by atoms with Crippen molar-refractivity contribution in [2.45, 2.75) is 26.1 Å². The van der Waals surface area contributed by atoms with Crippen LogP contribution in [0.25, 0.3) is 0 Å². The van der Waals surface area contributed by atoms with Gasteiger partial charge in [0.15, 0.2) is 9.76 Å². The Balaban J connectivity index is 1.73. The second-order valence-corrected chi connectivity index (χ2v) is 4.10. The topological polar surface area (TPSA) is 31.0 Å². The predicted octanol–water partition coefficient (Wildman–Crippen LogP) is -0.132. The maximum absolute atomic E-state index is 5.42. The number of epoxide rings is 1. The average molecular weight is 176 g/mol. The lowest BCUT2D eigenvalue weighted by Gasteiger charge is -2.06. The molecule has 0 N–H and O–H groups in total. The summed E-state index contributed by atoms with van der Waals surface area (Å²) in [6, 6.07) is 0. The van der Waals surface area contributed by atoms with E-state index >= 15 is 0 Å². The van der Waals surface area contributed by atoms with E-state index in [0.29, 0.717) is 12.2 Å². The van der Waals surface area contributed by atoms with E-state index in [1.54, 1.807) is 0 Å². The molecule has 1 fully saturated rings. The van der Waals surface area contributed by atoms with E-state index in [-0.39, 0.29) is 0 Å². The van der Waals surface area contributed by atoms with Crippen molar-refractivity contribution >= 4 is 9.76 Å². The Labute approximate surface area is 70.0 Å². The van der Waals surface area contributed by atoms with E-state index in [1.165, 1.54) is 0 Å². The Morgan fingerprint density at radius 2 is 2.36 bits per heavy atom. The highest BCUT2D eigenvalue weighted by molar-refractivity contribution is 6.26.